The number of nitrogens with two attached hydrogens (primary N) is 1. The molecule has 0 saturated heterocycles. The van der Waals surface area contributed by atoms with Crippen molar-refractivity contribution < 1.29 is 0 Å². The molecular weight excluding hydrogens is 146 g/mol. The van der Waals surface area contributed by atoms with Crippen LogP contribution in [0, 0.1) is 0 Å². The highest BCUT2D eigenvalue weighted by molar-refractivity contribution is 5.06. The van der Waals surface area contributed by atoms with E-state index in [0.29, 0.717) is 0 Å². The summed E-state index contributed by atoms with van der Waals surface area (Å²) in [6.07, 6.45) is 2.87. The summed E-state index contributed by atoms with van der Waals surface area (Å²) >= 11 is 0. The monoisotopic (exact) mass is 171 g/mol. The largest absolute Gasteiger partial charge is 0.402 e. The van der Waals surface area contributed by atoms with Crippen molar-refractivity contribution in [3.8, 4) is 0 Å². The molecule has 0 aliphatic rings. The molecule has 0 heterocycles. The Kier molecular flexibility index (Phi) is 24.2. The molecule has 0 saturated carbocycles. The fraction of sp³-hybridized carbons (Fsp3) is 0.636. The number of hydrogen-bond acceptors (Lipinski definition) is 1. The lowest BCUT2D eigenvalue weighted by molar-refractivity contribution is 1.08. The van der Waals surface area contributed by atoms with E-state index in [1.54, 1.807) is 0 Å². The third-order valence-electron chi connectivity index (χ3n) is 0.999. The third-order valence-corrected chi connectivity index (χ3v) is 0.999. The van der Waals surface area contributed by atoms with Crippen LogP contribution in [0.2, 0.25) is 0 Å². The van der Waals surface area contributed by atoms with E-state index < -0.39 is 0 Å². The number of allylic oxidation sites excluding steroid dienone is 2. The average Bonchev–Trinajstić information content (AvgIpc) is 2.10. The van der Waals surface area contributed by atoms with Crippen molar-refractivity contribution in [3.63, 3.8) is 0 Å². The van der Waals surface area contributed by atoms with E-state index in [1.807, 2.05) is 47.6 Å². The smallest absolute Gasteiger partial charge is 0.00706 e. The van der Waals surface area contributed by atoms with Gasteiger partial charge in [0.05, 0.1) is 0 Å². The van der Waals surface area contributed by atoms with Gasteiger partial charge in [0.1, 0.15) is 0 Å². The Hall–Kier alpha value is -0.720. The maximum absolute atomic E-state index is 5.33. The molecule has 0 radical (unpaired) electrons. The fourth-order valence-corrected chi connectivity index (χ4v) is 0.460. The van der Waals surface area contributed by atoms with Gasteiger partial charge in [0, 0.05) is 12.1 Å². The van der Waals surface area contributed by atoms with Gasteiger partial charge in [0.15, 0.2) is 0 Å². The van der Waals surface area contributed by atoms with Gasteiger partial charge in [-0.3, -0.25) is 0 Å². The first-order valence-electron chi connectivity index (χ1n) is 4.72. The molecule has 0 atom stereocenters. The third kappa shape index (κ3) is 22.8. The van der Waals surface area contributed by atoms with Gasteiger partial charge in [-0.2, -0.15) is 0 Å². The first-order valence-corrected chi connectivity index (χ1v) is 4.72. The Morgan fingerprint density at radius 1 is 1.25 bits per heavy atom. The van der Waals surface area contributed by atoms with E-state index in [-0.39, 0.29) is 0 Å². The molecular formula is C11H25N. The van der Waals surface area contributed by atoms with Crippen molar-refractivity contribution in [3.05, 3.63) is 23.9 Å². The molecule has 0 aromatic heterocycles. The summed E-state index contributed by atoms with van der Waals surface area (Å²) in [5.41, 5.74) is 7.35. The predicted octanol–water partition coefficient (Wildman–Crippen LogP) is 3.87. The Labute approximate surface area is 78.4 Å². The van der Waals surface area contributed by atoms with Gasteiger partial charge >= 0.3 is 0 Å². The van der Waals surface area contributed by atoms with Gasteiger partial charge in [-0.25, -0.2) is 0 Å². The van der Waals surface area contributed by atoms with Crippen LogP contribution in [0.5, 0.6) is 0 Å². The van der Waals surface area contributed by atoms with Crippen LogP contribution >= 0.6 is 0 Å². The van der Waals surface area contributed by atoms with E-state index in [1.165, 1.54) is 5.57 Å². The van der Waals surface area contributed by atoms with Gasteiger partial charge in [-0.05, 0) is 13.8 Å². The first kappa shape index (κ1) is 17.4. The first-order chi connectivity index (χ1) is 5.66. The highest BCUT2D eigenvalue weighted by Crippen LogP contribution is 2.01. The Balaban J connectivity index is -0.000000175. The van der Waals surface area contributed by atoms with Gasteiger partial charge in [0.2, 0.25) is 0 Å². The van der Waals surface area contributed by atoms with Crippen LogP contribution in [0.1, 0.15) is 48.0 Å². The van der Waals surface area contributed by atoms with E-state index in [9.17, 15) is 0 Å². The van der Waals surface area contributed by atoms with Gasteiger partial charge in [-0.1, -0.05) is 45.9 Å². The molecule has 0 aliphatic carbocycles. The molecule has 0 bridgehead atoms. The maximum atomic E-state index is 5.33. The van der Waals surface area contributed by atoms with Crippen molar-refractivity contribution in [2.75, 3.05) is 0 Å². The SMILES string of the molecule is C=C(N)C/C(C)=C/C.CC.CC. The zero-order valence-corrected chi connectivity index (χ0v) is 9.57. The second-order valence-electron chi connectivity index (χ2n) is 1.97. The van der Waals surface area contributed by atoms with E-state index >= 15 is 0 Å². The molecule has 0 aliphatic heterocycles. The van der Waals surface area contributed by atoms with Crippen LogP contribution in [0.25, 0.3) is 0 Å². The summed E-state index contributed by atoms with van der Waals surface area (Å²) in [6.45, 7) is 15.6. The zero-order valence-electron chi connectivity index (χ0n) is 9.57. The summed E-state index contributed by atoms with van der Waals surface area (Å²) in [5, 5.41) is 0. The van der Waals surface area contributed by atoms with E-state index in [0.717, 1.165) is 12.1 Å². The second kappa shape index (κ2) is 16.7. The summed E-state index contributed by atoms with van der Waals surface area (Å²) in [5.74, 6) is 0. The number of hydrogen-bond donors (Lipinski definition) is 1. The summed E-state index contributed by atoms with van der Waals surface area (Å²) in [7, 11) is 0. The minimum absolute atomic E-state index is 0.737. The minimum atomic E-state index is 0.737. The molecule has 0 spiro atoms. The normalized spacial score (nSPS) is 8.67. The molecule has 0 aromatic rings. The molecule has 2 N–H and O–H groups in total. The van der Waals surface area contributed by atoms with Crippen molar-refractivity contribution in [2.45, 2.75) is 48.0 Å². The standard InChI is InChI=1S/C7H13N.2C2H6/c1-4-6(2)5-7(3)8;2*1-2/h4H,3,5,8H2,1-2H3;2*1-2H3/b6-4+;;. The maximum Gasteiger partial charge on any atom is 0.00706 e. The van der Waals surface area contributed by atoms with Crippen molar-refractivity contribution in [1.82, 2.24) is 0 Å². The molecule has 1 nitrogen and oxygen atoms in total. The topological polar surface area (TPSA) is 26.0 Å². The highest BCUT2D eigenvalue weighted by atomic mass is 14.6. The lowest BCUT2D eigenvalue weighted by atomic mass is 10.2. The molecule has 0 unspecified atom stereocenters. The van der Waals surface area contributed by atoms with E-state index in [4.69, 9.17) is 5.73 Å². The molecule has 0 amide bonds. The lowest BCUT2D eigenvalue weighted by Gasteiger charge is -1.95. The van der Waals surface area contributed by atoms with Crippen LogP contribution in [0.4, 0.5) is 0 Å². The predicted molar refractivity (Wildman–Crippen MR) is 60.1 cm³/mol. The minimum Gasteiger partial charge on any atom is -0.402 e. The average molecular weight is 171 g/mol. The van der Waals surface area contributed by atoms with Crippen molar-refractivity contribution in [1.29, 1.82) is 0 Å². The van der Waals surface area contributed by atoms with Gasteiger partial charge in [0.25, 0.3) is 0 Å². The number of rotatable bonds is 2. The Morgan fingerprint density at radius 3 is 1.67 bits per heavy atom. The molecule has 0 rings (SSSR count). The quantitative estimate of drug-likeness (QED) is 0.627. The van der Waals surface area contributed by atoms with Gasteiger partial charge < -0.3 is 5.73 Å². The molecule has 0 fully saturated rings. The Morgan fingerprint density at radius 2 is 1.58 bits per heavy atom. The summed E-state index contributed by atoms with van der Waals surface area (Å²) in [6, 6.07) is 0. The van der Waals surface area contributed by atoms with Crippen LogP contribution in [0.3, 0.4) is 0 Å². The fourth-order valence-electron chi connectivity index (χ4n) is 0.460. The Bertz CT molecular complexity index is 112. The summed E-state index contributed by atoms with van der Waals surface area (Å²) in [4.78, 5) is 0. The van der Waals surface area contributed by atoms with Crippen molar-refractivity contribution >= 4 is 0 Å². The summed E-state index contributed by atoms with van der Waals surface area (Å²) < 4.78 is 0. The zero-order chi connectivity index (χ0) is 10.6. The lowest BCUT2D eigenvalue weighted by Crippen LogP contribution is -1.94. The van der Waals surface area contributed by atoms with Crippen LogP contribution in [-0.2, 0) is 0 Å². The molecule has 74 valence electrons. The second-order valence-corrected chi connectivity index (χ2v) is 1.97. The molecule has 1 heteroatoms. The van der Waals surface area contributed by atoms with E-state index in [2.05, 4.69) is 6.58 Å². The van der Waals surface area contributed by atoms with Crippen LogP contribution in [-0.4, -0.2) is 0 Å². The van der Waals surface area contributed by atoms with Gasteiger partial charge in [-0.15, -0.1) is 0 Å². The molecule has 12 heavy (non-hydrogen) atoms. The van der Waals surface area contributed by atoms with Crippen LogP contribution < -0.4 is 5.73 Å². The molecule has 0 aromatic carbocycles. The highest BCUT2D eigenvalue weighted by Gasteiger charge is 1.85. The van der Waals surface area contributed by atoms with Crippen LogP contribution in [0.15, 0.2) is 23.9 Å². The van der Waals surface area contributed by atoms with Crippen molar-refractivity contribution in [2.24, 2.45) is 5.73 Å².